The first-order valence-corrected chi connectivity index (χ1v) is 9.74. The fraction of sp³-hybridized carbons (Fsp3) is 0.737. The van der Waals surface area contributed by atoms with Gasteiger partial charge in [-0.05, 0) is 38.7 Å². The van der Waals surface area contributed by atoms with E-state index in [9.17, 15) is 9.18 Å². The number of anilines is 1. The summed E-state index contributed by atoms with van der Waals surface area (Å²) in [7, 11) is 0. The first kappa shape index (κ1) is 17.8. The monoisotopic (exact) mass is 361 g/mol. The number of aromatic nitrogens is 2. The molecule has 2 aliphatic heterocycles. The Morgan fingerprint density at radius 3 is 2.65 bits per heavy atom. The Balaban J connectivity index is 1.28. The summed E-state index contributed by atoms with van der Waals surface area (Å²) in [4.78, 5) is 26.1. The van der Waals surface area contributed by atoms with Gasteiger partial charge in [-0.1, -0.05) is 0 Å². The Hall–Kier alpha value is -1.60. The Morgan fingerprint density at radius 1 is 1.27 bits per heavy atom. The second-order valence-corrected chi connectivity index (χ2v) is 8.18. The van der Waals surface area contributed by atoms with Gasteiger partial charge in [0.25, 0.3) is 0 Å². The van der Waals surface area contributed by atoms with Crippen molar-refractivity contribution in [3.05, 3.63) is 18.5 Å². The van der Waals surface area contributed by atoms with Crippen molar-refractivity contribution in [1.29, 1.82) is 0 Å². The zero-order valence-electron chi connectivity index (χ0n) is 15.4. The molecule has 0 aromatic carbocycles. The third kappa shape index (κ3) is 3.74. The van der Waals surface area contributed by atoms with Crippen molar-refractivity contribution in [3.63, 3.8) is 0 Å². The van der Waals surface area contributed by atoms with Crippen LogP contribution < -0.4 is 10.2 Å². The molecule has 7 heteroatoms. The minimum absolute atomic E-state index is 0.102. The maximum atomic E-state index is 14.1. The number of carbonyl (C=O) groups is 1. The van der Waals surface area contributed by atoms with E-state index in [1.54, 1.807) is 19.3 Å². The quantitative estimate of drug-likeness (QED) is 0.875. The largest absolute Gasteiger partial charge is 0.338 e. The van der Waals surface area contributed by atoms with Crippen LogP contribution in [0.25, 0.3) is 0 Å². The zero-order chi connectivity index (χ0) is 18.1. The molecule has 2 saturated heterocycles. The van der Waals surface area contributed by atoms with E-state index < -0.39 is 5.67 Å². The molecule has 4 rings (SSSR count). The number of Topliss-reactive ketones (excluding diaryl/α,β-unsaturated/α-hetero) is 1. The zero-order valence-corrected chi connectivity index (χ0v) is 15.4. The summed E-state index contributed by atoms with van der Waals surface area (Å²) in [5.41, 5.74) is -1.16. The lowest BCUT2D eigenvalue weighted by Gasteiger charge is -2.37. The molecule has 1 N–H and O–H groups in total. The van der Waals surface area contributed by atoms with Crippen LogP contribution in [0.3, 0.4) is 0 Å². The molecule has 0 radical (unpaired) electrons. The summed E-state index contributed by atoms with van der Waals surface area (Å²) in [6.07, 6.45) is 6.01. The molecule has 1 saturated carbocycles. The molecule has 26 heavy (non-hydrogen) atoms. The smallest absolute Gasteiger partial charge is 0.225 e. The van der Waals surface area contributed by atoms with Crippen molar-refractivity contribution in [1.82, 2.24) is 20.2 Å². The highest BCUT2D eigenvalue weighted by molar-refractivity contribution is 5.87. The van der Waals surface area contributed by atoms with Gasteiger partial charge in [-0.25, -0.2) is 14.4 Å². The summed E-state index contributed by atoms with van der Waals surface area (Å²) >= 11 is 0. The van der Waals surface area contributed by atoms with Crippen molar-refractivity contribution >= 4 is 11.7 Å². The van der Waals surface area contributed by atoms with E-state index in [4.69, 9.17) is 0 Å². The van der Waals surface area contributed by atoms with Gasteiger partial charge in [0, 0.05) is 57.1 Å². The number of halogens is 1. The number of alkyl halides is 1. The first-order valence-electron chi connectivity index (χ1n) is 9.74. The Labute approximate surface area is 154 Å². The van der Waals surface area contributed by atoms with Gasteiger partial charge in [0.05, 0.1) is 6.04 Å². The Bertz CT molecular complexity index is 632. The van der Waals surface area contributed by atoms with Crippen LogP contribution in [0.15, 0.2) is 18.5 Å². The van der Waals surface area contributed by atoms with Gasteiger partial charge in [0.1, 0.15) is 5.67 Å². The highest BCUT2D eigenvalue weighted by atomic mass is 19.1. The Morgan fingerprint density at radius 2 is 2.00 bits per heavy atom. The van der Waals surface area contributed by atoms with Crippen molar-refractivity contribution in [3.8, 4) is 0 Å². The second kappa shape index (κ2) is 7.19. The molecule has 0 bridgehead atoms. The molecule has 142 valence electrons. The molecule has 1 aliphatic carbocycles. The third-order valence-electron chi connectivity index (χ3n) is 6.21. The standard InChI is InChI=1S/C19H28FN5O/c1-19(20)4-3-14(12-19)17(26)16-11-15(13-23-16)24-7-9-25(10-8-24)18-21-5-2-6-22-18/h2,5-6,14-16,23H,3-4,7-13H2,1H3/t14?,15-,16-,19?/m0/s1. The van der Waals surface area contributed by atoms with Gasteiger partial charge in [0.2, 0.25) is 5.95 Å². The van der Waals surface area contributed by atoms with E-state index >= 15 is 0 Å². The molecular formula is C19H28FN5O. The number of piperazine rings is 1. The van der Waals surface area contributed by atoms with Crippen LogP contribution in [0.2, 0.25) is 0 Å². The van der Waals surface area contributed by atoms with Crippen molar-refractivity contribution in [2.24, 2.45) is 5.92 Å². The number of nitrogens with zero attached hydrogens (tertiary/aromatic N) is 4. The number of nitrogens with one attached hydrogen (secondary N) is 1. The first-order chi connectivity index (χ1) is 12.5. The lowest BCUT2D eigenvalue weighted by Crippen LogP contribution is -2.51. The summed E-state index contributed by atoms with van der Waals surface area (Å²) in [5.74, 6) is 0.916. The van der Waals surface area contributed by atoms with Gasteiger partial charge in [0.15, 0.2) is 5.78 Å². The number of rotatable bonds is 4. The number of ketones is 1. The van der Waals surface area contributed by atoms with Gasteiger partial charge in [-0.15, -0.1) is 0 Å². The average Bonchev–Trinajstić information content (AvgIpc) is 3.29. The topological polar surface area (TPSA) is 61.4 Å². The molecule has 2 unspecified atom stereocenters. The molecule has 3 aliphatic rings. The van der Waals surface area contributed by atoms with Crippen molar-refractivity contribution in [2.45, 2.75) is 50.4 Å². The SMILES string of the molecule is CC1(F)CCC(C(=O)[C@@H]2C[C@H](N3CCN(c4ncccn4)CC3)CN2)C1. The lowest BCUT2D eigenvalue weighted by atomic mass is 9.93. The van der Waals surface area contributed by atoms with Gasteiger partial charge in [-0.3, -0.25) is 9.69 Å². The molecular weight excluding hydrogens is 333 g/mol. The van der Waals surface area contributed by atoms with Crippen LogP contribution in [0.5, 0.6) is 0 Å². The van der Waals surface area contributed by atoms with E-state index in [1.807, 2.05) is 6.07 Å². The second-order valence-electron chi connectivity index (χ2n) is 8.18. The fourth-order valence-electron chi connectivity index (χ4n) is 4.67. The van der Waals surface area contributed by atoms with Crippen molar-refractivity contribution in [2.75, 3.05) is 37.6 Å². The maximum absolute atomic E-state index is 14.1. The van der Waals surface area contributed by atoms with Crippen molar-refractivity contribution < 1.29 is 9.18 Å². The molecule has 4 atom stereocenters. The van der Waals surface area contributed by atoms with Gasteiger partial charge in [-0.2, -0.15) is 0 Å². The summed E-state index contributed by atoms with van der Waals surface area (Å²) in [6, 6.07) is 2.12. The number of hydrogen-bond donors (Lipinski definition) is 1. The lowest BCUT2D eigenvalue weighted by molar-refractivity contribution is -0.124. The molecule has 0 spiro atoms. The summed E-state index contributed by atoms with van der Waals surface area (Å²) in [5, 5.41) is 3.40. The molecule has 3 heterocycles. The molecule has 1 aromatic heterocycles. The van der Waals surface area contributed by atoms with Crippen LogP contribution in [0.4, 0.5) is 10.3 Å². The van der Waals surface area contributed by atoms with Crippen LogP contribution in [0.1, 0.15) is 32.6 Å². The fourth-order valence-corrected chi connectivity index (χ4v) is 4.67. The van der Waals surface area contributed by atoms with Crippen LogP contribution >= 0.6 is 0 Å². The minimum Gasteiger partial charge on any atom is -0.338 e. The van der Waals surface area contributed by atoms with Crippen LogP contribution in [-0.4, -0.2) is 71.1 Å². The maximum Gasteiger partial charge on any atom is 0.225 e. The third-order valence-corrected chi connectivity index (χ3v) is 6.21. The van der Waals surface area contributed by atoms with Gasteiger partial charge < -0.3 is 10.2 Å². The molecule has 0 amide bonds. The van der Waals surface area contributed by atoms with E-state index in [-0.39, 0.29) is 17.7 Å². The molecule has 3 fully saturated rings. The number of carbonyl (C=O) groups excluding carboxylic acids is 1. The number of hydrogen-bond acceptors (Lipinski definition) is 6. The normalized spacial score (nSPS) is 35.8. The van der Waals surface area contributed by atoms with E-state index in [0.717, 1.165) is 45.1 Å². The predicted molar refractivity (Wildman–Crippen MR) is 97.9 cm³/mol. The van der Waals surface area contributed by atoms with Gasteiger partial charge >= 0.3 is 0 Å². The summed E-state index contributed by atoms with van der Waals surface area (Å²) < 4.78 is 14.1. The highest BCUT2D eigenvalue weighted by Gasteiger charge is 2.43. The predicted octanol–water partition coefficient (Wildman–Crippen LogP) is 1.43. The Kier molecular flexibility index (Phi) is 4.92. The van der Waals surface area contributed by atoms with Crippen LogP contribution in [0, 0.1) is 5.92 Å². The molecule has 1 aromatic rings. The highest BCUT2D eigenvalue weighted by Crippen LogP contribution is 2.38. The van der Waals surface area contributed by atoms with E-state index in [2.05, 4.69) is 25.1 Å². The molecule has 6 nitrogen and oxygen atoms in total. The summed E-state index contributed by atoms with van der Waals surface area (Å²) in [6.45, 7) is 6.19. The van der Waals surface area contributed by atoms with E-state index in [1.165, 1.54) is 0 Å². The average molecular weight is 361 g/mol. The van der Waals surface area contributed by atoms with E-state index in [0.29, 0.717) is 25.3 Å². The minimum atomic E-state index is -1.16. The van der Waals surface area contributed by atoms with Crippen LogP contribution in [-0.2, 0) is 4.79 Å².